The molecule has 0 radical (unpaired) electrons. The smallest absolute Gasteiger partial charge is 0.254 e. The Hall–Kier alpha value is -3.62. The summed E-state index contributed by atoms with van der Waals surface area (Å²) in [6.45, 7) is 6.99. The Labute approximate surface area is 210 Å². The Morgan fingerprint density at radius 3 is 2.61 bits per heavy atom. The molecule has 0 aliphatic carbocycles. The highest BCUT2D eigenvalue weighted by molar-refractivity contribution is 6.09. The Bertz CT molecular complexity index is 1290. The average Bonchev–Trinajstić information content (AvgIpc) is 3.54. The van der Waals surface area contributed by atoms with E-state index in [1.165, 1.54) is 0 Å². The minimum atomic E-state index is -0.348. The van der Waals surface area contributed by atoms with Gasteiger partial charge in [-0.3, -0.25) is 9.69 Å². The van der Waals surface area contributed by atoms with Gasteiger partial charge < -0.3 is 23.9 Å². The minimum absolute atomic E-state index is 0.145. The number of nitrogens with zero attached hydrogens (tertiary/aromatic N) is 3. The van der Waals surface area contributed by atoms with E-state index < -0.39 is 0 Å². The largest absolute Gasteiger partial charge is 0.495 e. The zero-order valence-electron chi connectivity index (χ0n) is 20.8. The summed E-state index contributed by atoms with van der Waals surface area (Å²) in [5.41, 5.74) is 3.61. The monoisotopic (exact) mass is 488 g/mol. The van der Waals surface area contributed by atoms with E-state index in [2.05, 4.69) is 19.9 Å². The fraction of sp³-hybridized carbons (Fsp3) is 0.357. The third kappa shape index (κ3) is 5.01. The first-order chi connectivity index (χ1) is 17.7. The number of rotatable bonds is 9. The molecule has 0 bridgehead atoms. The molecule has 1 atom stereocenters. The number of morpholine rings is 1. The first-order valence-corrected chi connectivity index (χ1v) is 12.4. The van der Waals surface area contributed by atoms with Gasteiger partial charge in [0, 0.05) is 49.7 Å². The maximum atomic E-state index is 13.8. The van der Waals surface area contributed by atoms with Crippen molar-refractivity contribution in [3.05, 3.63) is 83.4 Å². The fourth-order valence-corrected chi connectivity index (χ4v) is 5.01. The van der Waals surface area contributed by atoms with Crippen LogP contribution in [-0.4, -0.2) is 60.5 Å². The number of para-hydroxylation sites is 1. The van der Waals surface area contributed by atoms with Crippen LogP contribution in [-0.2, 0) is 17.7 Å². The van der Waals surface area contributed by atoms with Crippen molar-refractivity contribution in [2.24, 2.45) is 0 Å². The summed E-state index contributed by atoms with van der Waals surface area (Å²) < 4.78 is 18.9. The number of carbonyl (C=O) groups excluding carboxylic acids is 1. The molecule has 36 heavy (non-hydrogen) atoms. The van der Waals surface area contributed by atoms with E-state index in [0.29, 0.717) is 17.7 Å². The molecule has 8 nitrogen and oxygen atoms in total. The molecule has 1 aliphatic heterocycles. The van der Waals surface area contributed by atoms with Gasteiger partial charge in [0.1, 0.15) is 5.75 Å². The molecule has 188 valence electrons. The van der Waals surface area contributed by atoms with Crippen molar-refractivity contribution in [1.82, 2.24) is 19.9 Å². The zero-order valence-corrected chi connectivity index (χ0v) is 20.8. The maximum absolute atomic E-state index is 13.8. The number of carbonyl (C=O) groups is 1. The molecule has 8 heteroatoms. The average molecular weight is 489 g/mol. The predicted molar refractivity (Wildman–Crippen MR) is 137 cm³/mol. The van der Waals surface area contributed by atoms with Gasteiger partial charge >= 0.3 is 0 Å². The number of benzene rings is 2. The van der Waals surface area contributed by atoms with Crippen LogP contribution in [0.1, 0.15) is 33.4 Å². The van der Waals surface area contributed by atoms with Crippen molar-refractivity contribution < 1.29 is 18.8 Å². The summed E-state index contributed by atoms with van der Waals surface area (Å²) in [6.07, 6.45) is 2.20. The molecule has 1 N–H and O–H groups in total. The van der Waals surface area contributed by atoms with Crippen molar-refractivity contribution in [3.8, 4) is 5.75 Å². The second-order valence-corrected chi connectivity index (χ2v) is 9.05. The fourth-order valence-electron chi connectivity index (χ4n) is 5.01. The normalized spacial score (nSPS) is 15.2. The molecule has 2 aromatic heterocycles. The van der Waals surface area contributed by atoms with E-state index in [-0.39, 0.29) is 11.9 Å². The summed E-state index contributed by atoms with van der Waals surface area (Å²) in [4.78, 5) is 16.2. The quantitative estimate of drug-likeness (QED) is 0.384. The summed E-state index contributed by atoms with van der Waals surface area (Å²) in [5, 5.41) is 7.96. The van der Waals surface area contributed by atoms with Crippen LogP contribution in [0.4, 0.5) is 0 Å². The second-order valence-electron chi connectivity index (χ2n) is 9.05. The summed E-state index contributed by atoms with van der Waals surface area (Å²) in [5.74, 6) is 1.24. The maximum Gasteiger partial charge on any atom is 0.254 e. The highest BCUT2D eigenvalue weighted by Gasteiger charge is 2.26. The van der Waals surface area contributed by atoms with Crippen molar-refractivity contribution in [3.63, 3.8) is 0 Å². The molecule has 2 aromatic carbocycles. The van der Waals surface area contributed by atoms with E-state index in [1.807, 2.05) is 55.5 Å². The lowest BCUT2D eigenvalue weighted by molar-refractivity contribution is 0.0365. The highest BCUT2D eigenvalue weighted by atomic mass is 16.5. The lowest BCUT2D eigenvalue weighted by atomic mass is 10.0. The number of amides is 1. The Morgan fingerprint density at radius 2 is 1.89 bits per heavy atom. The molecule has 1 amide bonds. The third-order valence-corrected chi connectivity index (χ3v) is 6.88. The van der Waals surface area contributed by atoms with E-state index in [0.717, 1.165) is 67.3 Å². The molecule has 0 spiro atoms. The van der Waals surface area contributed by atoms with Crippen molar-refractivity contribution in [2.45, 2.75) is 25.9 Å². The van der Waals surface area contributed by atoms with Gasteiger partial charge in [-0.05, 0) is 18.6 Å². The molecule has 4 aromatic rings. The number of fused-ring (bicyclic) bond motifs is 1. The van der Waals surface area contributed by atoms with Gasteiger partial charge in [0.15, 0.2) is 5.76 Å². The van der Waals surface area contributed by atoms with Crippen LogP contribution >= 0.6 is 0 Å². The van der Waals surface area contributed by atoms with Crippen LogP contribution in [0.25, 0.3) is 10.9 Å². The summed E-state index contributed by atoms with van der Waals surface area (Å²) >= 11 is 0. The molecular weight excluding hydrogens is 456 g/mol. The molecule has 0 unspecified atom stereocenters. The first kappa shape index (κ1) is 24.1. The number of nitrogens with one attached hydrogen (secondary N) is 1. The molecule has 1 saturated heterocycles. The lowest BCUT2D eigenvalue weighted by Gasteiger charge is -2.27. The van der Waals surface area contributed by atoms with Gasteiger partial charge in [-0.2, -0.15) is 0 Å². The predicted octanol–water partition coefficient (Wildman–Crippen LogP) is 3.99. The number of ether oxygens (including phenoxy) is 2. The Kier molecular flexibility index (Phi) is 7.34. The topological polar surface area (TPSA) is 81.8 Å². The van der Waals surface area contributed by atoms with Crippen LogP contribution in [0, 0.1) is 6.92 Å². The van der Waals surface area contributed by atoms with E-state index in [4.69, 9.17) is 14.0 Å². The van der Waals surface area contributed by atoms with Gasteiger partial charge in [0.2, 0.25) is 0 Å². The van der Waals surface area contributed by atoms with Crippen LogP contribution < -0.4 is 10.1 Å². The summed E-state index contributed by atoms with van der Waals surface area (Å²) in [7, 11) is 1.67. The summed E-state index contributed by atoms with van der Waals surface area (Å²) in [6, 6.07) is 17.4. The first-order valence-electron chi connectivity index (χ1n) is 12.4. The van der Waals surface area contributed by atoms with Crippen molar-refractivity contribution >= 4 is 16.8 Å². The van der Waals surface area contributed by atoms with E-state index >= 15 is 0 Å². The van der Waals surface area contributed by atoms with Gasteiger partial charge in [-0.15, -0.1) is 0 Å². The van der Waals surface area contributed by atoms with Gasteiger partial charge in [-0.25, -0.2) is 0 Å². The third-order valence-electron chi connectivity index (χ3n) is 6.88. The van der Waals surface area contributed by atoms with Crippen LogP contribution in [0.3, 0.4) is 0 Å². The SMILES string of the molecule is COc1cccc2c(C(=O)N[C@@H](Cc3ccccc3)c3ccno3)c(C)n(CCN3CCOCC3)c12. The van der Waals surface area contributed by atoms with Crippen LogP contribution in [0.2, 0.25) is 0 Å². The molecule has 3 heterocycles. The molecule has 5 rings (SSSR count). The van der Waals surface area contributed by atoms with Crippen LogP contribution in [0.15, 0.2) is 65.3 Å². The Morgan fingerprint density at radius 1 is 1.08 bits per heavy atom. The van der Waals surface area contributed by atoms with Crippen molar-refractivity contribution in [1.29, 1.82) is 0 Å². The molecular formula is C28H32N4O4. The number of hydrogen-bond acceptors (Lipinski definition) is 6. The zero-order chi connectivity index (χ0) is 24.9. The van der Waals surface area contributed by atoms with Gasteiger partial charge in [0.25, 0.3) is 5.91 Å². The second kappa shape index (κ2) is 11.0. The van der Waals surface area contributed by atoms with Gasteiger partial charge in [-0.1, -0.05) is 47.6 Å². The number of hydrogen-bond donors (Lipinski definition) is 1. The van der Waals surface area contributed by atoms with Crippen molar-refractivity contribution in [2.75, 3.05) is 40.0 Å². The van der Waals surface area contributed by atoms with Gasteiger partial charge in [0.05, 0.1) is 43.6 Å². The van der Waals surface area contributed by atoms with E-state index in [1.54, 1.807) is 19.4 Å². The molecule has 1 fully saturated rings. The number of methoxy groups -OCH3 is 1. The van der Waals surface area contributed by atoms with E-state index in [9.17, 15) is 4.79 Å². The lowest BCUT2D eigenvalue weighted by Crippen LogP contribution is -2.38. The molecule has 0 saturated carbocycles. The standard InChI is InChI=1S/C28H32N4O4/c1-20-26(28(33)30-23(24-11-12-29-36-24)19-21-7-4-3-5-8-21)22-9-6-10-25(34-2)27(22)32(20)14-13-31-15-17-35-18-16-31/h3-12,23H,13-19H2,1-2H3,(H,30,33)/t23-/m0/s1. The number of aromatic nitrogens is 2. The minimum Gasteiger partial charge on any atom is -0.495 e. The van der Waals surface area contributed by atoms with Crippen LogP contribution in [0.5, 0.6) is 5.75 Å². The molecule has 1 aliphatic rings. The highest BCUT2D eigenvalue weighted by Crippen LogP contribution is 2.33. The Balaban J connectivity index is 1.47.